The monoisotopic (exact) mass is 579 g/mol. The third-order valence-corrected chi connectivity index (χ3v) is 8.08. The standard InChI is InChI=1S/C32H38ClN3O5/c1-32(2,3)41-31(39)35-16-18-5-10-22(11-6-18)36-28-23-13-20(21-14-25(33)30(38)27(15-21)40-4)9-12-26(23)34-17-24(28)29(37)19-7-8-19/h9,12-15,17-19,22,38H,5-8,10-11,16H2,1-4H3,(H,34,36)(H,35,39). The molecule has 2 aliphatic carbocycles. The van der Waals surface area contributed by atoms with E-state index in [9.17, 15) is 14.7 Å². The number of phenols is 1. The highest BCUT2D eigenvalue weighted by Crippen LogP contribution is 2.41. The van der Waals surface area contributed by atoms with Gasteiger partial charge in [0.25, 0.3) is 0 Å². The van der Waals surface area contributed by atoms with Gasteiger partial charge in [0.15, 0.2) is 17.3 Å². The van der Waals surface area contributed by atoms with Gasteiger partial charge in [0.05, 0.1) is 28.9 Å². The molecule has 2 saturated carbocycles. The van der Waals surface area contributed by atoms with Crippen molar-refractivity contribution in [2.75, 3.05) is 19.0 Å². The summed E-state index contributed by atoms with van der Waals surface area (Å²) in [5, 5.41) is 17.9. The summed E-state index contributed by atoms with van der Waals surface area (Å²) in [7, 11) is 1.49. The number of fused-ring (bicyclic) bond motifs is 1. The van der Waals surface area contributed by atoms with Gasteiger partial charge in [-0.3, -0.25) is 9.78 Å². The summed E-state index contributed by atoms with van der Waals surface area (Å²) in [6.45, 7) is 6.16. The first-order chi connectivity index (χ1) is 19.5. The van der Waals surface area contributed by atoms with Crippen LogP contribution in [0.25, 0.3) is 22.0 Å². The van der Waals surface area contributed by atoms with E-state index in [0.717, 1.165) is 66.2 Å². The van der Waals surface area contributed by atoms with E-state index >= 15 is 0 Å². The molecule has 1 heterocycles. The lowest BCUT2D eigenvalue weighted by atomic mass is 9.85. The number of amides is 1. The lowest BCUT2D eigenvalue weighted by molar-refractivity contribution is 0.0515. The summed E-state index contributed by atoms with van der Waals surface area (Å²) in [4.78, 5) is 30.1. The first-order valence-electron chi connectivity index (χ1n) is 14.3. The van der Waals surface area contributed by atoms with Crippen LogP contribution in [0.4, 0.5) is 10.5 Å². The number of anilines is 1. The summed E-state index contributed by atoms with van der Waals surface area (Å²) in [5.74, 6) is 0.768. The second-order valence-corrected chi connectivity index (χ2v) is 12.6. The number of pyridine rings is 1. The van der Waals surface area contributed by atoms with Crippen molar-refractivity contribution < 1.29 is 24.2 Å². The van der Waals surface area contributed by atoms with E-state index < -0.39 is 5.60 Å². The zero-order chi connectivity index (χ0) is 29.3. The third-order valence-electron chi connectivity index (χ3n) is 7.79. The van der Waals surface area contributed by atoms with E-state index in [0.29, 0.717) is 23.8 Å². The van der Waals surface area contributed by atoms with Crippen molar-refractivity contribution in [3.63, 3.8) is 0 Å². The molecule has 2 fully saturated rings. The topological polar surface area (TPSA) is 110 Å². The lowest BCUT2D eigenvalue weighted by Crippen LogP contribution is -2.37. The van der Waals surface area contributed by atoms with Crippen LogP contribution in [-0.2, 0) is 4.74 Å². The number of methoxy groups -OCH3 is 1. The summed E-state index contributed by atoms with van der Waals surface area (Å²) >= 11 is 6.28. The molecular formula is C32H38ClN3O5. The number of carbonyl (C=O) groups is 2. The van der Waals surface area contributed by atoms with Gasteiger partial charge in [-0.25, -0.2) is 4.79 Å². The maximum atomic E-state index is 13.3. The zero-order valence-corrected chi connectivity index (χ0v) is 24.8. The van der Waals surface area contributed by atoms with Gasteiger partial charge in [-0.05, 0) is 101 Å². The van der Waals surface area contributed by atoms with Crippen LogP contribution in [0.2, 0.25) is 5.02 Å². The zero-order valence-electron chi connectivity index (χ0n) is 24.1. The molecule has 218 valence electrons. The van der Waals surface area contributed by atoms with E-state index in [1.807, 2.05) is 39.0 Å². The molecule has 0 bridgehead atoms. The molecule has 2 aliphatic rings. The summed E-state index contributed by atoms with van der Waals surface area (Å²) in [6.07, 6.45) is 6.92. The van der Waals surface area contributed by atoms with Crippen LogP contribution in [-0.4, -0.2) is 47.3 Å². The maximum Gasteiger partial charge on any atom is 0.407 e. The predicted molar refractivity (Wildman–Crippen MR) is 161 cm³/mol. The quantitative estimate of drug-likeness (QED) is 0.239. The molecule has 9 heteroatoms. The van der Waals surface area contributed by atoms with E-state index in [2.05, 4.69) is 15.6 Å². The van der Waals surface area contributed by atoms with Crippen molar-refractivity contribution in [1.82, 2.24) is 10.3 Å². The van der Waals surface area contributed by atoms with E-state index in [1.54, 1.807) is 18.3 Å². The molecule has 0 unspecified atom stereocenters. The molecule has 3 aromatic rings. The van der Waals surface area contributed by atoms with Gasteiger partial charge in [-0.2, -0.15) is 0 Å². The van der Waals surface area contributed by atoms with Gasteiger partial charge in [0.2, 0.25) is 0 Å². The number of benzene rings is 2. The Labute approximate surface area is 245 Å². The van der Waals surface area contributed by atoms with Crippen LogP contribution in [0, 0.1) is 11.8 Å². The second kappa shape index (κ2) is 11.8. The Morgan fingerprint density at radius 2 is 1.78 bits per heavy atom. The van der Waals surface area contributed by atoms with Crippen LogP contribution < -0.4 is 15.4 Å². The Hall–Kier alpha value is -3.52. The average Bonchev–Trinajstić information content (AvgIpc) is 3.78. The molecular weight excluding hydrogens is 542 g/mol. The van der Waals surface area contributed by atoms with Crippen molar-refractivity contribution in [2.45, 2.75) is 70.9 Å². The largest absolute Gasteiger partial charge is 0.503 e. The highest BCUT2D eigenvalue weighted by atomic mass is 35.5. The number of alkyl carbamates (subject to hydrolysis) is 1. The number of aromatic hydroxyl groups is 1. The number of hydrogen-bond donors (Lipinski definition) is 3. The minimum Gasteiger partial charge on any atom is -0.503 e. The van der Waals surface area contributed by atoms with E-state index in [4.69, 9.17) is 21.1 Å². The third kappa shape index (κ3) is 6.87. The number of ketones is 1. The average molecular weight is 580 g/mol. The molecule has 2 aromatic carbocycles. The highest BCUT2D eigenvalue weighted by molar-refractivity contribution is 6.32. The lowest BCUT2D eigenvalue weighted by Gasteiger charge is -2.31. The first kappa shape index (κ1) is 29.0. The number of rotatable bonds is 8. The summed E-state index contributed by atoms with van der Waals surface area (Å²) in [5.41, 5.74) is 3.38. The molecule has 1 aromatic heterocycles. The van der Waals surface area contributed by atoms with Gasteiger partial charge in [-0.15, -0.1) is 0 Å². The minimum absolute atomic E-state index is 0.0628. The molecule has 8 nitrogen and oxygen atoms in total. The van der Waals surface area contributed by atoms with Crippen molar-refractivity contribution >= 4 is 40.1 Å². The fraction of sp³-hybridized carbons (Fsp3) is 0.469. The molecule has 0 spiro atoms. The molecule has 5 rings (SSSR count). The smallest absolute Gasteiger partial charge is 0.407 e. The van der Waals surface area contributed by atoms with Crippen molar-refractivity contribution in [2.24, 2.45) is 11.8 Å². The van der Waals surface area contributed by atoms with Crippen LogP contribution >= 0.6 is 11.6 Å². The fourth-order valence-electron chi connectivity index (χ4n) is 5.43. The van der Waals surface area contributed by atoms with Gasteiger partial charge in [0, 0.05) is 30.1 Å². The SMILES string of the molecule is COc1cc(-c2ccc3ncc(C(=O)C4CC4)c(NC4CCC(CNC(=O)OC(C)(C)C)CC4)c3c2)cc(Cl)c1O. The number of Topliss-reactive ketones (excluding diaryl/α,β-unsaturated/α-hetero) is 1. The van der Waals surface area contributed by atoms with Crippen LogP contribution in [0.15, 0.2) is 36.5 Å². The van der Waals surface area contributed by atoms with Crippen LogP contribution in [0.1, 0.15) is 69.7 Å². The maximum absolute atomic E-state index is 13.3. The Morgan fingerprint density at radius 3 is 2.44 bits per heavy atom. The Bertz CT molecular complexity index is 1460. The fourth-order valence-corrected chi connectivity index (χ4v) is 5.64. The Morgan fingerprint density at radius 1 is 1.05 bits per heavy atom. The Balaban J connectivity index is 1.38. The first-order valence-corrected chi connectivity index (χ1v) is 14.7. The van der Waals surface area contributed by atoms with Crippen LogP contribution in [0.3, 0.4) is 0 Å². The molecule has 0 atom stereocenters. The number of carbonyl (C=O) groups excluding carboxylic acids is 2. The number of phenolic OH excluding ortho intramolecular Hbond substituents is 1. The van der Waals surface area contributed by atoms with E-state index in [-0.39, 0.29) is 34.6 Å². The van der Waals surface area contributed by atoms with E-state index in [1.165, 1.54) is 7.11 Å². The van der Waals surface area contributed by atoms with Crippen molar-refractivity contribution in [3.8, 4) is 22.6 Å². The molecule has 0 radical (unpaired) electrons. The number of aromatic nitrogens is 1. The number of nitrogens with one attached hydrogen (secondary N) is 2. The summed E-state index contributed by atoms with van der Waals surface area (Å²) in [6, 6.07) is 9.55. The van der Waals surface area contributed by atoms with Crippen molar-refractivity contribution in [3.05, 3.63) is 47.1 Å². The molecule has 0 aliphatic heterocycles. The molecule has 3 N–H and O–H groups in total. The number of halogens is 1. The normalized spacial score (nSPS) is 19.0. The molecule has 1 amide bonds. The number of hydrogen-bond acceptors (Lipinski definition) is 7. The highest BCUT2D eigenvalue weighted by Gasteiger charge is 2.33. The number of nitrogens with zero attached hydrogens (tertiary/aromatic N) is 1. The minimum atomic E-state index is -0.519. The van der Waals surface area contributed by atoms with Crippen molar-refractivity contribution in [1.29, 1.82) is 0 Å². The molecule has 41 heavy (non-hydrogen) atoms. The summed E-state index contributed by atoms with van der Waals surface area (Å²) < 4.78 is 10.7. The Kier molecular flexibility index (Phi) is 8.32. The van der Waals surface area contributed by atoms with Crippen LogP contribution in [0.5, 0.6) is 11.5 Å². The predicted octanol–water partition coefficient (Wildman–Crippen LogP) is 7.36. The van der Waals surface area contributed by atoms with Gasteiger partial charge in [0.1, 0.15) is 5.60 Å². The van der Waals surface area contributed by atoms with Gasteiger partial charge >= 0.3 is 6.09 Å². The number of ether oxygens (including phenoxy) is 2. The second-order valence-electron chi connectivity index (χ2n) is 12.2. The molecule has 0 saturated heterocycles. The van der Waals surface area contributed by atoms with Gasteiger partial charge < -0.3 is 25.2 Å². The van der Waals surface area contributed by atoms with Gasteiger partial charge in [-0.1, -0.05) is 17.7 Å².